The third-order valence-electron chi connectivity index (χ3n) is 3.25. The maximum absolute atomic E-state index is 6.17. The molecule has 0 unspecified atom stereocenters. The fourth-order valence-corrected chi connectivity index (χ4v) is 2.60. The topological polar surface area (TPSA) is 15.8 Å². The Labute approximate surface area is 100 Å². The summed E-state index contributed by atoms with van der Waals surface area (Å²) in [5, 5.41) is 1.96. The van der Waals surface area contributed by atoms with Crippen molar-refractivity contribution in [2.24, 2.45) is 0 Å². The summed E-state index contributed by atoms with van der Waals surface area (Å²) in [6.07, 6.45) is 7.37. The Hall–Kier alpha value is -1.21. The molecular formula is C14H14ClN. The summed E-state index contributed by atoms with van der Waals surface area (Å²) in [7, 11) is 0. The van der Waals surface area contributed by atoms with Crippen molar-refractivity contribution in [3.05, 3.63) is 41.1 Å². The van der Waals surface area contributed by atoms with Crippen LogP contribution in [0, 0.1) is 0 Å². The number of rotatable bonds is 1. The van der Waals surface area contributed by atoms with E-state index in [9.17, 15) is 0 Å². The Balaban J connectivity index is 2.11. The molecule has 0 spiro atoms. The number of nitrogens with one attached hydrogen (secondary N) is 1. The molecule has 2 aromatic rings. The molecule has 0 saturated carbocycles. The first kappa shape index (κ1) is 9.98. The first-order chi connectivity index (χ1) is 7.84. The third-order valence-corrected chi connectivity index (χ3v) is 3.58. The van der Waals surface area contributed by atoms with Gasteiger partial charge in [-0.2, -0.15) is 0 Å². The first-order valence-corrected chi connectivity index (χ1v) is 6.19. The first-order valence-electron chi connectivity index (χ1n) is 5.81. The zero-order valence-electron chi connectivity index (χ0n) is 9.09. The fraction of sp³-hybridized carbons (Fsp3) is 0.286. The highest BCUT2D eigenvalue weighted by atomic mass is 35.5. The minimum absolute atomic E-state index is 0.830. The maximum Gasteiger partial charge on any atom is 0.0500 e. The van der Waals surface area contributed by atoms with Crippen molar-refractivity contribution in [3.63, 3.8) is 0 Å². The van der Waals surface area contributed by atoms with Crippen molar-refractivity contribution in [1.29, 1.82) is 0 Å². The van der Waals surface area contributed by atoms with Gasteiger partial charge in [-0.1, -0.05) is 23.7 Å². The van der Waals surface area contributed by atoms with E-state index in [0.29, 0.717) is 0 Å². The van der Waals surface area contributed by atoms with E-state index in [-0.39, 0.29) is 0 Å². The third kappa shape index (κ3) is 1.65. The van der Waals surface area contributed by atoms with Crippen LogP contribution in [0.2, 0.25) is 5.02 Å². The van der Waals surface area contributed by atoms with Crippen LogP contribution in [0.4, 0.5) is 0 Å². The summed E-state index contributed by atoms with van der Waals surface area (Å²) < 4.78 is 0. The van der Waals surface area contributed by atoms with Crippen molar-refractivity contribution in [2.45, 2.75) is 25.7 Å². The number of fused-ring (bicyclic) bond motifs is 1. The van der Waals surface area contributed by atoms with Gasteiger partial charge in [-0.3, -0.25) is 0 Å². The van der Waals surface area contributed by atoms with Crippen molar-refractivity contribution >= 4 is 28.1 Å². The molecule has 1 nitrogen and oxygen atoms in total. The summed E-state index contributed by atoms with van der Waals surface area (Å²) in [6, 6.07) is 8.18. The molecule has 16 heavy (non-hydrogen) atoms. The van der Waals surface area contributed by atoms with Gasteiger partial charge in [0, 0.05) is 21.6 Å². The lowest BCUT2D eigenvalue weighted by Crippen LogP contribution is -1.91. The predicted molar refractivity (Wildman–Crippen MR) is 69.8 cm³/mol. The second-order valence-electron chi connectivity index (χ2n) is 4.36. The van der Waals surface area contributed by atoms with Crippen molar-refractivity contribution in [1.82, 2.24) is 4.98 Å². The fourth-order valence-electron chi connectivity index (χ4n) is 2.37. The van der Waals surface area contributed by atoms with E-state index in [1.54, 1.807) is 0 Å². The molecule has 1 N–H and O–H groups in total. The van der Waals surface area contributed by atoms with E-state index in [1.807, 2.05) is 12.1 Å². The normalized spacial score (nSPS) is 16.4. The number of H-pyrrole nitrogens is 1. The van der Waals surface area contributed by atoms with Gasteiger partial charge in [-0.05, 0) is 49.5 Å². The van der Waals surface area contributed by atoms with Gasteiger partial charge in [0.05, 0.1) is 0 Å². The largest absolute Gasteiger partial charge is 0.355 e. The van der Waals surface area contributed by atoms with Gasteiger partial charge in [0.25, 0.3) is 0 Å². The molecule has 1 aromatic carbocycles. The van der Waals surface area contributed by atoms with Crippen molar-refractivity contribution in [3.8, 4) is 0 Å². The monoisotopic (exact) mass is 231 g/mol. The average molecular weight is 232 g/mol. The number of allylic oxidation sites excluding steroid dienone is 2. The standard InChI is InChI=1S/C14H14ClN/c15-12-7-4-8-13-11(12)9-14(16-13)10-5-2-1-3-6-10/h4-5,7-9,16H,1-3,6H2. The van der Waals surface area contributed by atoms with Crippen molar-refractivity contribution < 1.29 is 0 Å². The van der Waals surface area contributed by atoms with Crippen LogP contribution in [-0.2, 0) is 0 Å². The van der Waals surface area contributed by atoms with Crippen molar-refractivity contribution in [2.75, 3.05) is 0 Å². The highest BCUT2D eigenvalue weighted by Gasteiger charge is 2.10. The second-order valence-corrected chi connectivity index (χ2v) is 4.77. The average Bonchev–Trinajstić information content (AvgIpc) is 2.76. The minimum atomic E-state index is 0.830. The molecule has 1 aromatic heterocycles. The van der Waals surface area contributed by atoms with Crippen LogP contribution >= 0.6 is 11.6 Å². The molecule has 0 fully saturated rings. The lowest BCUT2D eigenvalue weighted by atomic mass is 9.97. The molecule has 3 rings (SSSR count). The summed E-state index contributed by atoms with van der Waals surface area (Å²) in [5.74, 6) is 0. The van der Waals surface area contributed by atoms with Gasteiger partial charge in [0.1, 0.15) is 0 Å². The van der Waals surface area contributed by atoms with Crippen LogP contribution in [0.5, 0.6) is 0 Å². The number of hydrogen-bond donors (Lipinski definition) is 1. The molecule has 1 aliphatic carbocycles. The summed E-state index contributed by atoms with van der Waals surface area (Å²) in [4.78, 5) is 3.45. The highest BCUT2D eigenvalue weighted by Crippen LogP contribution is 2.31. The van der Waals surface area contributed by atoms with Gasteiger partial charge in [0.15, 0.2) is 0 Å². The number of benzene rings is 1. The molecule has 0 amide bonds. The van der Waals surface area contributed by atoms with Crippen LogP contribution in [0.1, 0.15) is 31.4 Å². The SMILES string of the molecule is Clc1cccc2[nH]c(C3=CCCCC3)cc12. The Morgan fingerprint density at radius 2 is 2.12 bits per heavy atom. The van der Waals surface area contributed by atoms with Crippen LogP contribution in [0.25, 0.3) is 16.5 Å². The molecule has 0 saturated heterocycles. The van der Waals surface area contributed by atoms with Crippen LogP contribution in [0.3, 0.4) is 0 Å². The summed E-state index contributed by atoms with van der Waals surface area (Å²) >= 11 is 6.17. The van der Waals surface area contributed by atoms with Gasteiger partial charge in [0.2, 0.25) is 0 Å². The van der Waals surface area contributed by atoms with Gasteiger partial charge in [-0.15, -0.1) is 0 Å². The maximum atomic E-state index is 6.17. The van der Waals surface area contributed by atoms with Crippen LogP contribution < -0.4 is 0 Å². The number of aromatic nitrogens is 1. The lowest BCUT2D eigenvalue weighted by molar-refractivity contribution is 0.740. The van der Waals surface area contributed by atoms with E-state index in [0.717, 1.165) is 15.9 Å². The quantitative estimate of drug-likeness (QED) is 0.727. The van der Waals surface area contributed by atoms with E-state index in [1.165, 1.54) is 37.0 Å². The molecule has 1 heterocycles. The van der Waals surface area contributed by atoms with Gasteiger partial charge >= 0.3 is 0 Å². The molecule has 0 atom stereocenters. The zero-order valence-corrected chi connectivity index (χ0v) is 9.85. The van der Waals surface area contributed by atoms with E-state index in [4.69, 9.17) is 11.6 Å². The molecule has 0 radical (unpaired) electrons. The van der Waals surface area contributed by atoms with E-state index < -0.39 is 0 Å². The van der Waals surface area contributed by atoms with Gasteiger partial charge < -0.3 is 4.98 Å². The number of aromatic amines is 1. The molecular weight excluding hydrogens is 218 g/mol. The Morgan fingerprint density at radius 3 is 2.88 bits per heavy atom. The Bertz CT molecular complexity index is 551. The molecule has 0 bridgehead atoms. The molecule has 82 valence electrons. The Morgan fingerprint density at radius 1 is 1.19 bits per heavy atom. The highest BCUT2D eigenvalue weighted by molar-refractivity contribution is 6.35. The number of halogens is 1. The zero-order chi connectivity index (χ0) is 11.0. The van der Waals surface area contributed by atoms with E-state index >= 15 is 0 Å². The smallest absolute Gasteiger partial charge is 0.0500 e. The second kappa shape index (κ2) is 3.99. The van der Waals surface area contributed by atoms with E-state index in [2.05, 4.69) is 23.2 Å². The molecule has 1 aliphatic rings. The number of hydrogen-bond acceptors (Lipinski definition) is 0. The molecule has 0 aliphatic heterocycles. The lowest BCUT2D eigenvalue weighted by Gasteiger charge is -2.10. The van der Waals surface area contributed by atoms with Gasteiger partial charge in [-0.25, -0.2) is 0 Å². The summed E-state index contributed by atoms with van der Waals surface area (Å²) in [5.41, 5.74) is 3.82. The van der Waals surface area contributed by atoms with Crippen LogP contribution in [0.15, 0.2) is 30.3 Å². The summed E-state index contributed by atoms with van der Waals surface area (Å²) in [6.45, 7) is 0. The predicted octanol–water partition coefficient (Wildman–Crippen LogP) is 4.78. The minimum Gasteiger partial charge on any atom is -0.355 e. The molecule has 2 heteroatoms. The Kier molecular flexibility index (Phi) is 2.49. The van der Waals surface area contributed by atoms with Crippen LogP contribution in [-0.4, -0.2) is 4.98 Å².